The van der Waals surface area contributed by atoms with E-state index < -0.39 is 0 Å². The van der Waals surface area contributed by atoms with E-state index in [0.29, 0.717) is 24.4 Å². The van der Waals surface area contributed by atoms with Crippen LogP contribution >= 0.6 is 23.4 Å². The average molecular weight is 340 g/mol. The summed E-state index contributed by atoms with van der Waals surface area (Å²) in [6, 6.07) is 8.71. The van der Waals surface area contributed by atoms with Gasteiger partial charge in [0.25, 0.3) is 0 Å². The van der Waals surface area contributed by atoms with Crippen LogP contribution in [0.1, 0.15) is 24.8 Å². The van der Waals surface area contributed by atoms with E-state index >= 15 is 0 Å². The van der Waals surface area contributed by atoms with Crippen LogP contribution in [0, 0.1) is 5.92 Å². The molecule has 0 aromatic heterocycles. The van der Waals surface area contributed by atoms with Crippen LogP contribution < -0.4 is 16.2 Å². The van der Waals surface area contributed by atoms with Crippen LogP contribution in [0.4, 0.5) is 0 Å². The highest BCUT2D eigenvalue weighted by molar-refractivity contribution is 7.99. The lowest BCUT2D eigenvalue weighted by Gasteiger charge is -2.11. The van der Waals surface area contributed by atoms with Crippen LogP contribution in [0.5, 0.6) is 0 Å². The summed E-state index contributed by atoms with van der Waals surface area (Å²) in [5, 5.41) is 3.78. The van der Waals surface area contributed by atoms with Crippen molar-refractivity contribution in [3.63, 3.8) is 0 Å². The highest BCUT2D eigenvalue weighted by atomic mass is 35.5. The highest BCUT2D eigenvalue weighted by Crippen LogP contribution is 2.35. The van der Waals surface area contributed by atoms with Gasteiger partial charge in [0.2, 0.25) is 5.91 Å². The molecule has 2 unspecified atom stereocenters. The third-order valence-electron chi connectivity index (χ3n) is 4.20. The second-order valence-corrected chi connectivity index (χ2v) is 7.45. The molecule has 2 atom stereocenters. The molecule has 1 aliphatic carbocycles. The van der Waals surface area contributed by atoms with E-state index in [9.17, 15) is 4.79 Å². The van der Waals surface area contributed by atoms with Crippen molar-refractivity contribution in [1.82, 2.24) is 16.2 Å². The van der Waals surface area contributed by atoms with E-state index in [2.05, 4.69) is 16.2 Å². The fourth-order valence-corrected chi connectivity index (χ4v) is 3.89. The van der Waals surface area contributed by atoms with Crippen molar-refractivity contribution in [2.75, 3.05) is 12.3 Å². The molecule has 3 rings (SSSR count). The Labute approximate surface area is 140 Å². The number of hydrazine groups is 1. The lowest BCUT2D eigenvalue weighted by molar-refractivity contribution is -0.118. The second kappa shape index (κ2) is 7.68. The minimum Gasteiger partial charge on any atom is -0.354 e. The Balaban J connectivity index is 1.30. The van der Waals surface area contributed by atoms with Gasteiger partial charge in [0, 0.05) is 29.4 Å². The van der Waals surface area contributed by atoms with Crippen molar-refractivity contribution in [3.05, 3.63) is 34.9 Å². The molecule has 1 saturated heterocycles. The third-order valence-corrected chi connectivity index (χ3v) is 5.55. The molecular formula is C16H22ClN3OS. The van der Waals surface area contributed by atoms with Crippen LogP contribution in [-0.2, 0) is 10.5 Å². The van der Waals surface area contributed by atoms with Gasteiger partial charge in [-0.2, -0.15) is 0 Å². The largest absolute Gasteiger partial charge is 0.354 e. The molecule has 1 heterocycles. The Morgan fingerprint density at radius 3 is 2.91 bits per heavy atom. The number of carbonyl (C=O) groups excluding carboxylic acids is 1. The van der Waals surface area contributed by atoms with Gasteiger partial charge in [0.1, 0.15) is 0 Å². The monoisotopic (exact) mass is 339 g/mol. The van der Waals surface area contributed by atoms with Crippen molar-refractivity contribution in [2.24, 2.45) is 5.92 Å². The van der Waals surface area contributed by atoms with Gasteiger partial charge in [0.05, 0.1) is 5.75 Å². The number of thioether (sulfide) groups is 1. The molecule has 0 radical (unpaired) electrons. The van der Waals surface area contributed by atoms with E-state index in [1.807, 2.05) is 24.3 Å². The minimum atomic E-state index is 0.0914. The molecule has 120 valence electrons. The third kappa shape index (κ3) is 4.62. The number of carbonyl (C=O) groups is 1. The number of amides is 1. The first kappa shape index (κ1) is 16.1. The molecular weight excluding hydrogens is 318 g/mol. The summed E-state index contributed by atoms with van der Waals surface area (Å²) < 4.78 is 0. The van der Waals surface area contributed by atoms with Crippen LogP contribution in [-0.4, -0.2) is 30.3 Å². The molecule has 1 saturated carbocycles. The molecule has 1 amide bonds. The molecule has 6 heteroatoms. The Morgan fingerprint density at radius 2 is 2.14 bits per heavy atom. The Hall–Kier alpha value is -0.750. The summed E-state index contributed by atoms with van der Waals surface area (Å²) in [5.41, 5.74) is 7.71. The molecule has 2 fully saturated rings. The fourth-order valence-electron chi connectivity index (χ4n) is 2.75. The molecule has 1 aliphatic heterocycles. The fraction of sp³-hybridized carbons (Fsp3) is 0.562. The Kier molecular flexibility index (Phi) is 5.63. The number of hydrogen-bond acceptors (Lipinski definition) is 4. The standard InChI is InChI=1S/C16H22ClN3OS/c17-14-4-2-1-3-12(14)9-22-10-16(21)18-8-13-7-15(20-19-13)11-5-6-11/h1-4,11,13,15,19-20H,5-10H2,(H,18,21). The molecule has 0 spiro atoms. The van der Waals surface area contributed by atoms with Crippen LogP contribution in [0.2, 0.25) is 5.02 Å². The van der Waals surface area contributed by atoms with Crippen LogP contribution in [0.15, 0.2) is 24.3 Å². The maximum absolute atomic E-state index is 11.9. The zero-order valence-electron chi connectivity index (χ0n) is 12.5. The van der Waals surface area contributed by atoms with Crippen LogP contribution in [0.25, 0.3) is 0 Å². The van der Waals surface area contributed by atoms with Gasteiger partial charge in [-0.05, 0) is 36.8 Å². The molecule has 3 N–H and O–H groups in total. The van der Waals surface area contributed by atoms with Crippen LogP contribution in [0.3, 0.4) is 0 Å². The van der Waals surface area contributed by atoms with Gasteiger partial charge in [-0.1, -0.05) is 29.8 Å². The van der Waals surface area contributed by atoms with E-state index in [-0.39, 0.29) is 5.91 Å². The van der Waals surface area contributed by atoms with Gasteiger partial charge in [0.15, 0.2) is 0 Å². The molecule has 2 aliphatic rings. The first-order valence-corrected chi connectivity index (χ1v) is 9.34. The first-order valence-electron chi connectivity index (χ1n) is 7.81. The number of nitrogens with one attached hydrogen (secondary N) is 3. The lowest BCUT2D eigenvalue weighted by atomic mass is 10.1. The molecule has 22 heavy (non-hydrogen) atoms. The quantitative estimate of drug-likeness (QED) is 0.713. The van der Waals surface area contributed by atoms with Crippen molar-refractivity contribution in [2.45, 2.75) is 37.1 Å². The average Bonchev–Trinajstić information content (AvgIpc) is 3.26. The summed E-state index contributed by atoms with van der Waals surface area (Å²) in [4.78, 5) is 11.9. The van der Waals surface area contributed by atoms with Gasteiger partial charge >= 0.3 is 0 Å². The van der Waals surface area contributed by atoms with Gasteiger partial charge in [-0.3, -0.25) is 15.6 Å². The molecule has 1 aromatic rings. The molecule has 4 nitrogen and oxygen atoms in total. The smallest absolute Gasteiger partial charge is 0.230 e. The number of halogens is 1. The molecule has 0 bridgehead atoms. The van der Waals surface area contributed by atoms with Gasteiger partial charge in [-0.25, -0.2) is 0 Å². The highest BCUT2D eigenvalue weighted by Gasteiger charge is 2.36. The SMILES string of the molecule is O=C(CSCc1ccccc1Cl)NCC1CC(C2CC2)NN1. The maximum Gasteiger partial charge on any atom is 0.230 e. The Morgan fingerprint density at radius 1 is 1.32 bits per heavy atom. The topological polar surface area (TPSA) is 53.2 Å². The van der Waals surface area contributed by atoms with E-state index in [1.54, 1.807) is 11.8 Å². The maximum atomic E-state index is 11.9. The van der Waals surface area contributed by atoms with Gasteiger partial charge in [-0.15, -0.1) is 11.8 Å². The Bertz CT molecular complexity index is 524. The number of hydrogen-bond donors (Lipinski definition) is 3. The van der Waals surface area contributed by atoms with Gasteiger partial charge < -0.3 is 5.32 Å². The van der Waals surface area contributed by atoms with Crippen molar-refractivity contribution in [1.29, 1.82) is 0 Å². The minimum absolute atomic E-state index is 0.0914. The van der Waals surface area contributed by atoms with Crippen molar-refractivity contribution < 1.29 is 4.79 Å². The summed E-state index contributed by atoms with van der Waals surface area (Å²) >= 11 is 7.70. The van der Waals surface area contributed by atoms with Crippen molar-refractivity contribution >= 4 is 29.3 Å². The summed E-state index contributed by atoms with van der Waals surface area (Å²) in [6.45, 7) is 0.696. The summed E-state index contributed by atoms with van der Waals surface area (Å²) in [6.07, 6.45) is 3.80. The zero-order valence-corrected chi connectivity index (χ0v) is 14.1. The number of rotatable bonds is 7. The van der Waals surface area contributed by atoms with E-state index in [4.69, 9.17) is 11.6 Å². The first-order chi connectivity index (χ1) is 10.7. The van der Waals surface area contributed by atoms with E-state index in [1.165, 1.54) is 12.8 Å². The summed E-state index contributed by atoms with van der Waals surface area (Å²) in [5.74, 6) is 2.17. The molecule has 1 aromatic carbocycles. The summed E-state index contributed by atoms with van der Waals surface area (Å²) in [7, 11) is 0. The predicted molar refractivity (Wildman–Crippen MR) is 91.8 cm³/mol. The van der Waals surface area contributed by atoms with E-state index in [0.717, 1.165) is 28.7 Å². The number of benzene rings is 1. The predicted octanol–water partition coefficient (Wildman–Crippen LogP) is 2.33. The second-order valence-electron chi connectivity index (χ2n) is 6.05. The lowest BCUT2D eigenvalue weighted by Crippen LogP contribution is -2.41. The zero-order chi connectivity index (χ0) is 15.4. The normalized spacial score (nSPS) is 24.4. The van der Waals surface area contributed by atoms with Crippen molar-refractivity contribution in [3.8, 4) is 0 Å².